The summed E-state index contributed by atoms with van der Waals surface area (Å²) in [4.78, 5) is 11.2. The molecule has 0 bridgehead atoms. The highest BCUT2D eigenvalue weighted by Crippen LogP contribution is 2.26. The second-order valence-corrected chi connectivity index (χ2v) is 5.77. The van der Waals surface area contributed by atoms with Crippen LogP contribution in [0.15, 0.2) is 48.5 Å². The van der Waals surface area contributed by atoms with Gasteiger partial charge < -0.3 is 9.47 Å². The molecule has 3 rings (SSSR count). The molecule has 0 aliphatic carbocycles. The third-order valence-corrected chi connectivity index (χ3v) is 4.05. The van der Waals surface area contributed by atoms with Gasteiger partial charge in [0.2, 0.25) is 0 Å². The molecule has 0 unspecified atom stereocenters. The normalized spacial score (nSPS) is 17.3. The number of benzene rings is 2. The second kappa shape index (κ2) is 6.65. The Morgan fingerprint density at radius 2 is 1.95 bits per heavy atom. The van der Waals surface area contributed by atoms with Crippen LogP contribution in [-0.4, -0.2) is 19.7 Å². The molecule has 0 saturated carbocycles. The van der Waals surface area contributed by atoms with Crippen LogP contribution in [0.2, 0.25) is 0 Å². The van der Waals surface area contributed by atoms with Crippen LogP contribution in [0, 0.1) is 5.92 Å². The molecule has 2 aromatic carbocycles. The first-order valence-electron chi connectivity index (χ1n) is 7.60. The number of hydrogen-bond acceptors (Lipinski definition) is 3. The van der Waals surface area contributed by atoms with Gasteiger partial charge in [-0.15, -0.1) is 0 Å². The number of ether oxygens (including phenoxy) is 2. The van der Waals surface area contributed by atoms with Crippen LogP contribution in [0.4, 0.5) is 0 Å². The first-order chi connectivity index (χ1) is 10.7. The average Bonchev–Trinajstić information content (AvgIpc) is 2.95. The summed E-state index contributed by atoms with van der Waals surface area (Å²) in [5.41, 5.74) is 3.64. The Balaban J connectivity index is 1.74. The molecule has 114 valence electrons. The van der Waals surface area contributed by atoms with Gasteiger partial charge in [-0.25, -0.2) is 0 Å². The summed E-state index contributed by atoms with van der Waals surface area (Å²) >= 11 is 0. The largest absolute Gasteiger partial charge is 0.496 e. The summed E-state index contributed by atoms with van der Waals surface area (Å²) in [6, 6.07) is 16.7. The van der Waals surface area contributed by atoms with Crippen molar-refractivity contribution >= 4 is 5.97 Å². The Morgan fingerprint density at radius 3 is 2.64 bits per heavy atom. The molecule has 0 N–H and O–H groups in total. The average molecular weight is 296 g/mol. The van der Waals surface area contributed by atoms with Gasteiger partial charge in [-0.2, -0.15) is 0 Å². The molecule has 2 aromatic rings. The molecule has 1 aliphatic rings. The Labute approximate surface area is 130 Å². The highest BCUT2D eigenvalue weighted by molar-refractivity contribution is 5.71. The van der Waals surface area contributed by atoms with E-state index in [-0.39, 0.29) is 11.9 Å². The monoisotopic (exact) mass is 296 g/mol. The smallest absolute Gasteiger partial charge is 0.306 e. The van der Waals surface area contributed by atoms with Gasteiger partial charge in [0.15, 0.2) is 0 Å². The zero-order chi connectivity index (χ0) is 15.4. The Bertz CT molecular complexity index is 649. The number of methoxy groups -OCH3 is 1. The van der Waals surface area contributed by atoms with Crippen molar-refractivity contribution in [3.8, 4) is 5.75 Å². The first-order valence-corrected chi connectivity index (χ1v) is 7.60. The first kappa shape index (κ1) is 14.6. The molecule has 1 aliphatic heterocycles. The number of rotatable bonds is 5. The third-order valence-electron chi connectivity index (χ3n) is 4.05. The molecule has 1 fully saturated rings. The predicted octanol–water partition coefficient (Wildman–Crippen LogP) is 3.39. The summed E-state index contributed by atoms with van der Waals surface area (Å²) in [5.74, 6) is 1.11. The number of esters is 1. The number of carbonyl (C=O) groups is 1. The van der Waals surface area contributed by atoms with Crippen molar-refractivity contribution in [1.82, 2.24) is 0 Å². The van der Waals surface area contributed by atoms with Crippen LogP contribution in [0.1, 0.15) is 23.1 Å². The highest BCUT2D eigenvalue weighted by atomic mass is 16.5. The number of hydrogen-bond donors (Lipinski definition) is 0. The summed E-state index contributed by atoms with van der Waals surface area (Å²) < 4.78 is 10.6. The quantitative estimate of drug-likeness (QED) is 0.793. The highest BCUT2D eigenvalue weighted by Gasteiger charge is 2.24. The van der Waals surface area contributed by atoms with E-state index in [1.165, 1.54) is 16.7 Å². The minimum Gasteiger partial charge on any atom is -0.496 e. The fraction of sp³-hybridized carbons (Fsp3) is 0.316. The van der Waals surface area contributed by atoms with Crippen LogP contribution in [0.3, 0.4) is 0 Å². The standard InChI is InChI=1S/C19H20O3/c1-21-18-11-15(9-16-12-19(20)22-13-16)7-8-17(18)10-14-5-3-2-4-6-14/h2-8,11,16H,9-10,12-13H2,1H3/t16-/m1/s1. The van der Waals surface area contributed by atoms with Crippen LogP contribution in [-0.2, 0) is 22.4 Å². The van der Waals surface area contributed by atoms with Crippen molar-refractivity contribution in [1.29, 1.82) is 0 Å². The zero-order valence-electron chi connectivity index (χ0n) is 12.7. The van der Waals surface area contributed by atoms with Crippen LogP contribution in [0.25, 0.3) is 0 Å². The van der Waals surface area contributed by atoms with E-state index >= 15 is 0 Å². The molecule has 1 heterocycles. The van der Waals surface area contributed by atoms with Crippen LogP contribution in [0.5, 0.6) is 5.75 Å². The number of carbonyl (C=O) groups excluding carboxylic acids is 1. The maximum absolute atomic E-state index is 11.2. The summed E-state index contributed by atoms with van der Waals surface area (Å²) in [7, 11) is 1.70. The van der Waals surface area contributed by atoms with Crippen molar-refractivity contribution in [3.63, 3.8) is 0 Å². The van der Waals surface area contributed by atoms with E-state index in [4.69, 9.17) is 9.47 Å². The summed E-state index contributed by atoms with van der Waals surface area (Å²) in [6.07, 6.45) is 2.23. The lowest BCUT2D eigenvalue weighted by Gasteiger charge is -2.12. The van der Waals surface area contributed by atoms with E-state index in [2.05, 4.69) is 30.3 Å². The SMILES string of the molecule is COc1cc(C[C@H]2COC(=O)C2)ccc1Cc1ccccc1. The van der Waals surface area contributed by atoms with E-state index in [1.807, 2.05) is 18.2 Å². The number of cyclic esters (lactones) is 1. The third kappa shape index (κ3) is 3.48. The maximum atomic E-state index is 11.2. The molecule has 3 heteroatoms. The van der Waals surface area contributed by atoms with E-state index < -0.39 is 0 Å². The van der Waals surface area contributed by atoms with Gasteiger partial charge >= 0.3 is 5.97 Å². The lowest BCUT2D eigenvalue weighted by Crippen LogP contribution is -2.04. The maximum Gasteiger partial charge on any atom is 0.306 e. The van der Waals surface area contributed by atoms with Gasteiger partial charge in [0.25, 0.3) is 0 Å². The van der Waals surface area contributed by atoms with E-state index in [1.54, 1.807) is 7.11 Å². The van der Waals surface area contributed by atoms with Gasteiger partial charge in [-0.1, -0.05) is 42.5 Å². The fourth-order valence-electron chi connectivity index (χ4n) is 2.91. The lowest BCUT2D eigenvalue weighted by molar-refractivity contribution is -0.137. The molecule has 1 atom stereocenters. The molecule has 1 saturated heterocycles. The Hall–Kier alpha value is -2.29. The molecule has 0 aromatic heterocycles. The second-order valence-electron chi connectivity index (χ2n) is 5.77. The fourth-order valence-corrected chi connectivity index (χ4v) is 2.91. The van der Waals surface area contributed by atoms with Crippen LogP contribution < -0.4 is 4.74 Å². The van der Waals surface area contributed by atoms with Crippen molar-refractivity contribution in [2.75, 3.05) is 13.7 Å². The Morgan fingerprint density at radius 1 is 1.14 bits per heavy atom. The van der Waals surface area contributed by atoms with E-state index in [0.717, 1.165) is 18.6 Å². The Kier molecular flexibility index (Phi) is 4.42. The predicted molar refractivity (Wildman–Crippen MR) is 85.0 cm³/mol. The van der Waals surface area contributed by atoms with Gasteiger partial charge in [0.05, 0.1) is 20.1 Å². The van der Waals surface area contributed by atoms with E-state index in [0.29, 0.717) is 13.0 Å². The van der Waals surface area contributed by atoms with Crippen LogP contribution >= 0.6 is 0 Å². The molecule has 3 nitrogen and oxygen atoms in total. The van der Waals surface area contributed by atoms with Gasteiger partial charge in [0.1, 0.15) is 5.75 Å². The molecule has 0 amide bonds. The minimum atomic E-state index is -0.0855. The zero-order valence-corrected chi connectivity index (χ0v) is 12.7. The minimum absolute atomic E-state index is 0.0855. The van der Waals surface area contributed by atoms with Crippen molar-refractivity contribution in [2.24, 2.45) is 5.92 Å². The molecule has 0 spiro atoms. The van der Waals surface area contributed by atoms with Gasteiger partial charge in [-0.3, -0.25) is 4.79 Å². The van der Waals surface area contributed by atoms with Crippen molar-refractivity contribution in [3.05, 3.63) is 65.2 Å². The van der Waals surface area contributed by atoms with Crippen molar-refractivity contribution < 1.29 is 14.3 Å². The molecule has 0 radical (unpaired) electrons. The summed E-state index contributed by atoms with van der Waals surface area (Å²) in [6.45, 7) is 0.535. The molecular weight excluding hydrogens is 276 g/mol. The van der Waals surface area contributed by atoms with Gasteiger partial charge in [-0.05, 0) is 29.2 Å². The van der Waals surface area contributed by atoms with Crippen molar-refractivity contribution in [2.45, 2.75) is 19.3 Å². The summed E-state index contributed by atoms with van der Waals surface area (Å²) in [5, 5.41) is 0. The van der Waals surface area contributed by atoms with Gasteiger partial charge in [0, 0.05) is 12.3 Å². The van der Waals surface area contributed by atoms with E-state index in [9.17, 15) is 4.79 Å². The molecule has 22 heavy (non-hydrogen) atoms. The topological polar surface area (TPSA) is 35.5 Å². The molecular formula is C19H20O3. The lowest BCUT2D eigenvalue weighted by atomic mass is 9.96.